The highest BCUT2D eigenvalue weighted by Gasteiger charge is 2.32. The monoisotopic (exact) mass is 333 g/mol. The van der Waals surface area contributed by atoms with Crippen LogP contribution in [0.3, 0.4) is 0 Å². The molecular weight excluding hydrogens is 306 g/mol. The topological polar surface area (TPSA) is 59.0 Å². The number of ether oxygens (including phenoxy) is 2. The molecule has 132 valence electrons. The van der Waals surface area contributed by atoms with Crippen LogP contribution in [0.15, 0.2) is 24.3 Å². The van der Waals surface area contributed by atoms with Crippen molar-refractivity contribution < 1.29 is 19.4 Å². The largest absolute Gasteiger partial charge is 0.490 e. The minimum Gasteiger partial charge on any atom is -0.490 e. The van der Waals surface area contributed by atoms with E-state index in [2.05, 4.69) is 0 Å². The van der Waals surface area contributed by atoms with Crippen molar-refractivity contribution in [1.29, 1.82) is 0 Å². The first-order valence-corrected chi connectivity index (χ1v) is 8.84. The molecule has 0 radical (unpaired) electrons. The molecule has 2 aliphatic rings. The van der Waals surface area contributed by atoms with Crippen molar-refractivity contribution in [3.8, 4) is 5.75 Å². The number of piperidine rings is 1. The van der Waals surface area contributed by atoms with Gasteiger partial charge in [-0.2, -0.15) is 0 Å². The highest BCUT2D eigenvalue weighted by molar-refractivity contribution is 5.94. The summed E-state index contributed by atoms with van der Waals surface area (Å²) in [5, 5.41) is 9.55. The molecule has 0 aliphatic carbocycles. The second-order valence-corrected chi connectivity index (χ2v) is 7.25. The Hall–Kier alpha value is -1.59. The zero-order chi connectivity index (χ0) is 17.0. The van der Waals surface area contributed by atoms with E-state index in [1.54, 1.807) is 0 Å². The Morgan fingerprint density at radius 1 is 1.33 bits per heavy atom. The Kier molecular flexibility index (Phi) is 5.41. The number of amides is 1. The van der Waals surface area contributed by atoms with Crippen LogP contribution in [0, 0.1) is 5.41 Å². The molecule has 0 spiro atoms. The van der Waals surface area contributed by atoms with Crippen LogP contribution in [-0.4, -0.2) is 54.9 Å². The SMILES string of the molecule is CC1(CO)CCCN(C(=O)c2ccc(OC3CCOCC3)cc2)C1. The molecule has 1 amide bonds. The van der Waals surface area contributed by atoms with Crippen LogP contribution in [0.4, 0.5) is 0 Å². The molecule has 1 atom stereocenters. The van der Waals surface area contributed by atoms with Crippen molar-refractivity contribution in [3.05, 3.63) is 29.8 Å². The van der Waals surface area contributed by atoms with E-state index < -0.39 is 0 Å². The number of benzene rings is 1. The van der Waals surface area contributed by atoms with E-state index in [1.807, 2.05) is 36.1 Å². The van der Waals surface area contributed by atoms with Crippen LogP contribution in [0.5, 0.6) is 5.75 Å². The summed E-state index contributed by atoms with van der Waals surface area (Å²) in [6.07, 6.45) is 3.93. The average molecular weight is 333 g/mol. The molecule has 5 nitrogen and oxygen atoms in total. The summed E-state index contributed by atoms with van der Waals surface area (Å²) >= 11 is 0. The van der Waals surface area contributed by atoms with E-state index in [4.69, 9.17) is 9.47 Å². The molecule has 24 heavy (non-hydrogen) atoms. The number of carbonyl (C=O) groups is 1. The van der Waals surface area contributed by atoms with E-state index >= 15 is 0 Å². The van der Waals surface area contributed by atoms with Crippen LogP contribution in [-0.2, 0) is 4.74 Å². The highest BCUT2D eigenvalue weighted by Crippen LogP contribution is 2.29. The van der Waals surface area contributed by atoms with Crippen LogP contribution in [0.25, 0.3) is 0 Å². The molecule has 0 bridgehead atoms. The van der Waals surface area contributed by atoms with Gasteiger partial charge < -0.3 is 19.5 Å². The third kappa shape index (κ3) is 4.08. The smallest absolute Gasteiger partial charge is 0.253 e. The van der Waals surface area contributed by atoms with Crippen LogP contribution < -0.4 is 4.74 Å². The number of hydrogen-bond donors (Lipinski definition) is 1. The zero-order valence-electron chi connectivity index (χ0n) is 14.4. The third-order valence-corrected chi connectivity index (χ3v) is 5.02. The maximum atomic E-state index is 12.7. The number of nitrogens with zero attached hydrogens (tertiary/aromatic N) is 1. The van der Waals surface area contributed by atoms with E-state index in [-0.39, 0.29) is 24.0 Å². The number of rotatable bonds is 4. The Balaban J connectivity index is 1.61. The number of aliphatic hydroxyl groups is 1. The van der Waals surface area contributed by atoms with Gasteiger partial charge in [-0.1, -0.05) is 6.92 Å². The van der Waals surface area contributed by atoms with Gasteiger partial charge in [0.15, 0.2) is 0 Å². The molecule has 1 unspecified atom stereocenters. The van der Waals surface area contributed by atoms with Gasteiger partial charge in [-0.15, -0.1) is 0 Å². The lowest BCUT2D eigenvalue weighted by Crippen LogP contribution is -2.46. The molecule has 1 N–H and O–H groups in total. The first-order valence-electron chi connectivity index (χ1n) is 8.84. The molecule has 0 saturated carbocycles. The first kappa shape index (κ1) is 17.2. The lowest BCUT2D eigenvalue weighted by atomic mass is 9.82. The second-order valence-electron chi connectivity index (χ2n) is 7.25. The normalized spacial score (nSPS) is 25.5. The Bertz CT molecular complexity index is 553. The fraction of sp³-hybridized carbons (Fsp3) is 0.632. The van der Waals surface area contributed by atoms with E-state index in [0.29, 0.717) is 12.1 Å². The molecule has 2 heterocycles. The molecule has 2 saturated heterocycles. The molecule has 1 aromatic carbocycles. The van der Waals surface area contributed by atoms with Crippen molar-refractivity contribution in [2.24, 2.45) is 5.41 Å². The highest BCUT2D eigenvalue weighted by atomic mass is 16.5. The van der Waals surface area contributed by atoms with Crippen LogP contribution in [0.1, 0.15) is 43.0 Å². The summed E-state index contributed by atoms with van der Waals surface area (Å²) in [5.74, 6) is 0.837. The van der Waals surface area contributed by atoms with Gasteiger partial charge in [0.05, 0.1) is 19.8 Å². The van der Waals surface area contributed by atoms with E-state index in [1.165, 1.54) is 0 Å². The van der Waals surface area contributed by atoms with Crippen molar-refractivity contribution >= 4 is 5.91 Å². The molecular formula is C19H27NO4. The Labute approximate surface area is 143 Å². The van der Waals surface area contributed by atoms with Gasteiger partial charge in [0, 0.05) is 36.9 Å². The van der Waals surface area contributed by atoms with Crippen molar-refractivity contribution in [2.75, 3.05) is 32.9 Å². The summed E-state index contributed by atoms with van der Waals surface area (Å²) in [6.45, 7) is 5.03. The minimum absolute atomic E-state index is 0.0343. The van der Waals surface area contributed by atoms with Gasteiger partial charge in [-0.3, -0.25) is 4.79 Å². The van der Waals surface area contributed by atoms with Gasteiger partial charge in [-0.25, -0.2) is 0 Å². The van der Waals surface area contributed by atoms with Crippen molar-refractivity contribution in [3.63, 3.8) is 0 Å². The minimum atomic E-state index is -0.181. The molecule has 5 heteroatoms. The van der Waals surface area contributed by atoms with Gasteiger partial charge in [0.25, 0.3) is 5.91 Å². The molecule has 2 fully saturated rings. The van der Waals surface area contributed by atoms with Crippen molar-refractivity contribution in [1.82, 2.24) is 4.90 Å². The Morgan fingerprint density at radius 2 is 2.04 bits per heavy atom. The van der Waals surface area contributed by atoms with Gasteiger partial charge >= 0.3 is 0 Å². The fourth-order valence-corrected chi connectivity index (χ4v) is 3.46. The van der Waals surface area contributed by atoms with E-state index in [0.717, 1.165) is 51.2 Å². The van der Waals surface area contributed by atoms with E-state index in [9.17, 15) is 9.90 Å². The lowest BCUT2D eigenvalue weighted by molar-refractivity contribution is 0.0255. The number of likely N-dealkylation sites (tertiary alicyclic amines) is 1. The maximum absolute atomic E-state index is 12.7. The fourth-order valence-electron chi connectivity index (χ4n) is 3.46. The number of hydrogen-bond acceptors (Lipinski definition) is 4. The quantitative estimate of drug-likeness (QED) is 0.920. The molecule has 3 rings (SSSR count). The summed E-state index contributed by atoms with van der Waals surface area (Å²) in [5.41, 5.74) is 0.497. The zero-order valence-corrected chi connectivity index (χ0v) is 14.4. The van der Waals surface area contributed by atoms with Crippen LogP contribution >= 0.6 is 0 Å². The van der Waals surface area contributed by atoms with Crippen molar-refractivity contribution in [2.45, 2.75) is 38.7 Å². The van der Waals surface area contributed by atoms with Gasteiger partial charge in [-0.05, 0) is 37.1 Å². The number of aliphatic hydroxyl groups excluding tert-OH is 1. The van der Waals surface area contributed by atoms with Gasteiger partial charge in [0.1, 0.15) is 11.9 Å². The summed E-state index contributed by atoms with van der Waals surface area (Å²) in [7, 11) is 0. The third-order valence-electron chi connectivity index (χ3n) is 5.02. The Morgan fingerprint density at radius 3 is 2.71 bits per heavy atom. The summed E-state index contributed by atoms with van der Waals surface area (Å²) in [6, 6.07) is 7.42. The summed E-state index contributed by atoms with van der Waals surface area (Å²) < 4.78 is 11.3. The predicted octanol–water partition coefficient (Wildman–Crippen LogP) is 2.48. The second kappa shape index (κ2) is 7.53. The van der Waals surface area contributed by atoms with Crippen LogP contribution in [0.2, 0.25) is 0 Å². The lowest BCUT2D eigenvalue weighted by Gasteiger charge is -2.39. The maximum Gasteiger partial charge on any atom is 0.253 e. The summed E-state index contributed by atoms with van der Waals surface area (Å²) in [4.78, 5) is 14.5. The predicted molar refractivity (Wildman–Crippen MR) is 91.2 cm³/mol. The van der Waals surface area contributed by atoms with Gasteiger partial charge in [0.2, 0.25) is 0 Å². The molecule has 1 aromatic rings. The standard InChI is InChI=1S/C19H27NO4/c1-19(14-21)9-2-10-20(13-19)18(22)15-3-5-16(6-4-15)24-17-7-11-23-12-8-17/h3-6,17,21H,2,7-14H2,1H3. The molecule has 0 aromatic heterocycles. The first-order chi connectivity index (χ1) is 11.6. The average Bonchev–Trinajstić information content (AvgIpc) is 2.63. The molecule has 2 aliphatic heterocycles. The number of carbonyl (C=O) groups excluding carboxylic acids is 1.